The Morgan fingerprint density at radius 3 is 2.89 bits per heavy atom. The van der Waals surface area contributed by atoms with Gasteiger partial charge in [0.05, 0.1) is 19.1 Å². The number of nitrogens with one attached hydrogen (secondary N) is 1. The largest absolute Gasteiger partial charge is 0.379 e. The Morgan fingerprint density at radius 1 is 1.42 bits per heavy atom. The molecule has 1 N–H and O–H groups in total. The third-order valence-electron chi connectivity index (χ3n) is 3.50. The summed E-state index contributed by atoms with van der Waals surface area (Å²) >= 11 is 0. The molecule has 1 saturated heterocycles. The summed E-state index contributed by atoms with van der Waals surface area (Å²) < 4.78 is 7.55. The number of aromatic nitrogens is 3. The van der Waals surface area contributed by atoms with E-state index in [2.05, 4.69) is 31.2 Å². The maximum absolute atomic E-state index is 5.62. The van der Waals surface area contributed by atoms with Gasteiger partial charge in [-0.15, -0.1) is 0 Å². The maximum atomic E-state index is 5.62. The van der Waals surface area contributed by atoms with Crippen molar-refractivity contribution in [3.05, 3.63) is 11.6 Å². The smallest absolute Gasteiger partial charge is 0.151 e. The Morgan fingerprint density at radius 2 is 2.21 bits per heavy atom. The zero-order valence-electron chi connectivity index (χ0n) is 12.5. The monoisotopic (exact) mass is 266 g/mol. The maximum Gasteiger partial charge on any atom is 0.151 e. The van der Waals surface area contributed by atoms with Gasteiger partial charge >= 0.3 is 0 Å². The average molecular weight is 266 g/mol. The molecule has 0 aliphatic carbocycles. The quantitative estimate of drug-likeness (QED) is 0.847. The van der Waals surface area contributed by atoms with Crippen LogP contribution in [-0.4, -0.2) is 40.6 Å². The summed E-state index contributed by atoms with van der Waals surface area (Å²) in [5.74, 6) is 2.92. The number of nitrogens with zero attached hydrogens (tertiary/aromatic N) is 3. The van der Waals surface area contributed by atoms with Crippen LogP contribution in [0.2, 0.25) is 0 Å². The van der Waals surface area contributed by atoms with E-state index in [0.29, 0.717) is 17.9 Å². The molecule has 1 fully saturated rings. The molecule has 2 unspecified atom stereocenters. The first-order chi connectivity index (χ1) is 9.11. The minimum atomic E-state index is 0.324. The van der Waals surface area contributed by atoms with E-state index < -0.39 is 0 Å². The molecule has 19 heavy (non-hydrogen) atoms. The minimum absolute atomic E-state index is 0.324. The number of ether oxygens (including phenoxy) is 1. The van der Waals surface area contributed by atoms with Gasteiger partial charge in [0.1, 0.15) is 5.82 Å². The Bertz CT molecular complexity index is 402. The molecule has 0 amide bonds. The topological polar surface area (TPSA) is 52.0 Å². The first kappa shape index (κ1) is 14.5. The summed E-state index contributed by atoms with van der Waals surface area (Å²) in [6.45, 7) is 9.12. The van der Waals surface area contributed by atoms with E-state index in [1.54, 1.807) is 0 Å². The second-order valence-corrected chi connectivity index (χ2v) is 5.81. The van der Waals surface area contributed by atoms with E-state index >= 15 is 0 Å². The zero-order valence-corrected chi connectivity index (χ0v) is 12.5. The molecule has 1 aliphatic rings. The van der Waals surface area contributed by atoms with Crippen molar-refractivity contribution in [2.24, 2.45) is 13.0 Å². The number of rotatable bonds is 6. The fraction of sp³-hybridized carbons (Fsp3) is 0.857. The fourth-order valence-corrected chi connectivity index (χ4v) is 2.57. The van der Waals surface area contributed by atoms with Gasteiger partial charge in [0.15, 0.2) is 5.82 Å². The first-order valence-electron chi connectivity index (χ1n) is 7.32. The van der Waals surface area contributed by atoms with Gasteiger partial charge in [-0.1, -0.05) is 20.8 Å². The summed E-state index contributed by atoms with van der Waals surface area (Å²) in [5, 5.41) is 8.08. The van der Waals surface area contributed by atoms with E-state index in [-0.39, 0.29) is 0 Å². The molecule has 0 aromatic carbocycles. The van der Waals surface area contributed by atoms with E-state index in [1.165, 1.54) is 0 Å². The van der Waals surface area contributed by atoms with Gasteiger partial charge in [0, 0.05) is 19.5 Å². The fourth-order valence-electron chi connectivity index (χ4n) is 2.57. The van der Waals surface area contributed by atoms with Gasteiger partial charge in [-0.2, -0.15) is 5.10 Å². The number of hydrogen-bond acceptors (Lipinski definition) is 4. The van der Waals surface area contributed by atoms with Crippen LogP contribution in [0.25, 0.3) is 0 Å². The second-order valence-electron chi connectivity index (χ2n) is 5.81. The van der Waals surface area contributed by atoms with Crippen LogP contribution in [0.4, 0.5) is 0 Å². The van der Waals surface area contributed by atoms with E-state index in [9.17, 15) is 0 Å². The van der Waals surface area contributed by atoms with Crippen molar-refractivity contribution in [3.63, 3.8) is 0 Å². The highest BCUT2D eigenvalue weighted by Gasteiger charge is 2.32. The van der Waals surface area contributed by atoms with Crippen LogP contribution in [0.5, 0.6) is 0 Å². The normalized spacial score (nSPS) is 23.4. The Labute approximate surface area is 115 Å². The van der Waals surface area contributed by atoms with Crippen LogP contribution in [0.15, 0.2) is 0 Å². The van der Waals surface area contributed by atoms with Crippen molar-refractivity contribution in [1.82, 2.24) is 20.1 Å². The molecule has 1 aromatic heterocycles. The van der Waals surface area contributed by atoms with Crippen molar-refractivity contribution in [2.75, 3.05) is 19.8 Å². The van der Waals surface area contributed by atoms with Gasteiger partial charge in [-0.3, -0.25) is 4.68 Å². The van der Waals surface area contributed by atoms with E-state index in [1.807, 2.05) is 11.7 Å². The lowest BCUT2D eigenvalue weighted by molar-refractivity contribution is 0.187. The van der Waals surface area contributed by atoms with E-state index in [4.69, 9.17) is 9.72 Å². The Hall–Kier alpha value is -0.940. The molecule has 0 spiro atoms. The lowest BCUT2D eigenvalue weighted by Gasteiger charge is -2.17. The molecule has 0 radical (unpaired) electrons. The standard InChI is InChI=1S/C14H26N4O/c1-5-6-15-12-9-19-8-11(12)14-16-13(7-10(2)3)17-18(14)4/h10-12,15H,5-9H2,1-4H3. The van der Waals surface area contributed by atoms with Crippen LogP contribution < -0.4 is 5.32 Å². The molecule has 1 aromatic rings. The zero-order chi connectivity index (χ0) is 13.8. The molecule has 5 heteroatoms. The van der Waals surface area contributed by atoms with Crippen molar-refractivity contribution in [3.8, 4) is 0 Å². The predicted octanol–water partition coefficient (Wildman–Crippen LogP) is 1.50. The molecule has 0 saturated carbocycles. The summed E-state index contributed by atoms with van der Waals surface area (Å²) in [5.41, 5.74) is 0. The van der Waals surface area contributed by atoms with Crippen LogP contribution in [0.3, 0.4) is 0 Å². The summed E-state index contributed by atoms with van der Waals surface area (Å²) in [6, 6.07) is 0.370. The molecular formula is C14H26N4O. The highest BCUT2D eigenvalue weighted by molar-refractivity contribution is 5.07. The van der Waals surface area contributed by atoms with Crippen LogP contribution in [0, 0.1) is 5.92 Å². The van der Waals surface area contributed by atoms with Gasteiger partial charge in [-0.05, 0) is 18.9 Å². The van der Waals surface area contributed by atoms with Crippen LogP contribution in [0.1, 0.15) is 44.8 Å². The highest BCUT2D eigenvalue weighted by Crippen LogP contribution is 2.24. The molecule has 2 heterocycles. The lowest BCUT2D eigenvalue weighted by atomic mass is 10.0. The van der Waals surface area contributed by atoms with Gasteiger partial charge in [-0.25, -0.2) is 4.98 Å². The van der Waals surface area contributed by atoms with E-state index in [0.717, 1.165) is 44.2 Å². The molecule has 2 atom stereocenters. The SMILES string of the molecule is CCCNC1COCC1c1nc(CC(C)C)nn1C. The summed E-state index contributed by atoms with van der Waals surface area (Å²) in [4.78, 5) is 4.72. The van der Waals surface area contributed by atoms with Gasteiger partial charge in [0.25, 0.3) is 0 Å². The second kappa shape index (κ2) is 6.48. The average Bonchev–Trinajstić information content (AvgIpc) is 2.92. The predicted molar refractivity (Wildman–Crippen MR) is 75.2 cm³/mol. The number of aryl methyl sites for hydroxylation is 1. The number of hydrogen-bond donors (Lipinski definition) is 1. The highest BCUT2D eigenvalue weighted by atomic mass is 16.5. The van der Waals surface area contributed by atoms with Crippen molar-refractivity contribution >= 4 is 0 Å². The van der Waals surface area contributed by atoms with Crippen molar-refractivity contribution in [1.29, 1.82) is 0 Å². The van der Waals surface area contributed by atoms with Crippen LogP contribution in [-0.2, 0) is 18.2 Å². The van der Waals surface area contributed by atoms with Crippen molar-refractivity contribution < 1.29 is 4.74 Å². The molecule has 0 bridgehead atoms. The van der Waals surface area contributed by atoms with Gasteiger partial charge in [0.2, 0.25) is 0 Å². The Balaban J connectivity index is 2.09. The Kier molecular flexibility index (Phi) is 4.93. The van der Waals surface area contributed by atoms with Gasteiger partial charge < -0.3 is 10.1 Å². The molecule has 5 nitrogen and oxygen atoms in total. The summed E-state index contributed by atoms with van der Waals surface area (Å²) in [6.07, 6.45) is 2.08. The first-order valence-corrected chi connectivity index (χ1v) is 7.32. The molecule has 1 aliphatic heterocycles. The third-order valence-corrected chi connectivity index (χ3v) is 3.50. The van der Waals surface area contributed by atoms with Crippen LogP contribution >= 0.6 is 0 Å². The molecular weight excluding hydrogens is 240 g/mol. The minimum Gasteiger partial charge on any atom is -0.379 e. The summed E-state index contributed by atoms with van der Waals surface area (Å²) in [7, 11) is 1.99. The third kappa shape index (κ3) is 3.54. The lowest BCUT2D eigenvalue weighted by Crippen LogP contribution is -2.35. The molecule has 2 rings (SSSR count). The molecule has 108 valence electrons. The van der Waals surface area contributed by atoms with Crippen molar-refractivity contribution in [2.45, 2.75) is 45.6 Å².